The number of urea groups is 1. The van der Waals surface area contributed by atoms with Gasteiger partial charge >= 0.3 is 6.03 Å². The quantitative estimate of drug-likeness (QED) is 0.364. The Morgan fingerprint density at radius 2 is 1.90 bits per heavy atom. The lowest BCUT2D eigenvalue weighted by atomic mass is 10.1. The van der Waals surface area contributed by atoms with Crippen LogP contribution in [-0.4, -0.2) is 70.0 Å². The number of rotatable bonds is 7. The molecule has 1 atom stereocenters. The molecule has 4 rings (SSSR count). The van der Waals surface area contributed by atoms with E-state index in [4.69, 9.17) is 17.0 Å². The van der Waals surface area contributed by atoms with Crippen molar-refractivity contribution >= 4 is 40.8 Å². The average Bonchev–Trinajstić information content (AvgIpc) is 2.91. The van der Waals surface area contributed by atoms with Gasteiger partial charge in [-0.2, -0.15) is 0 Å². The van der Waals surface area contributed by atoms with Crippen molar-refractivity contribution in [2.45, 2.75) is 25.3 Å². The van der Waals surface area contributed by atoms with Crippen molar-refractivity contribution < 1.29 is 23.1 Å². The summed E-state index contributed by atoms with van der Waals surface area (Å²) in [5.41, 5.74) is 0.898. The smallest absolute Gasteiger partial charge is 0.323 e. The Balaban J connectivity index is 1.30. The molecule has 13 heteroatoms. The number of hydrogen-bond acceptors (Lipinski definition) is 7. The van der Waals surface area contributed by atoms with E-state index < -0.39 is 17.5 Å². The number of carbonyl (C=O) groups is 2. The van der Waals surface area contributed by atoms with Gasteiger partial charge < -0.3 is 25.2 Å². The number of hydrogen-bond donors (Lipinski definition) is 3. The number of ether oxygens (including phenoxy) is 1. The third-order valence-corrected chi connectivity index (χ3v) is 6.48. The predicted molar refractivity (Wildman–Crippen MR) is 150 cm³/mol. The number of carbonyl (C=O) groups excluding carboxylic acids is 2. The fraction of sp³-hybridized carbons (Fsp3) is 0.296. The molecule has 210 valence electrons. The van der Waals surface area contributed by atoms with Gasteiger partial charge in [0, 0.05) is 37.5 Å². The van der Waals surface area contributed by atoms with Crippen molar-refractivity contribution in [3.8, 4) is 11.6 Å². The molecule has 3 N–H and O–H groups in total. The maximum Gasteiger partial charge on any atom is 0.323 e. The minimum atomic E-state index is -0.712. The van der Waals surface area contributed by atoms with Gasteiger partial charge in [0.15, 0.2) is 16.7 Å². The van der Waals surface area contributed by atoms with Gasteiger partial charge in [0.2, 0.25) is 11.8 Å². The van der Waals surface area contributed by atoms with Crippen molar-refractivity contribution in [3.05, 3.63) is 72.1 Å². The summed E-state index contributed by atoms with van der Waals surface area (Å²) in [6.07, 6.45) is 3.14. The minimum Gasteiger partial charge on any atom is -0.436 e. The number of anilines is 2. The van der Waals surface area contributed by atoms with Gasteiger partial charge in [-0.1, -0.05) is 12.1 Å². The lowest BCUT2D eigenvalue weighted by Crippen LogP contribution is -2.48. The number of amides is 3. The molecule has 3 amide bonds. The number of halogens is 2. The van der Waals surface area contributed by atoms with Gasteiger partial charge in [-0.15, -0.1) is 0 Å². The van der Waals surface area contributed by atoms with E-state index in [1.165, 1.54) is 48.8 Å². The second-order valence-corrected chi connectivity index (χ2v) is 9.80. The Morgan fingerprint density at radius 3 is 2.62 bits per heavy atom. The Labute approximate surface area is 235 Å². The summed E-state index contributed by atoms with van der Waals surface area (Å²) in [7, 11) is 3.77. The molecule has 1 aliphatic heterocycles. The second kappa shape index (κ2) is 13.2. The highest BCUT2D eigenvalue weighted by molar-refractivity contribution is 7.80. The zero-order valence-electron chi connectivity index (χ0n) is 22.0. The molecule has 0 saturated carbocycles. The molecule has 1 aromatic heterocycles. The first-order valence-electron chi connectivity index (χ1n) is 12.5. The van der Waals surface area contributed by atoms with E-state index in [1.54, 1.807) is 11.9 Å². The molecule has 2 aromatic carbocycles. The van der Waals surface area contributed by atoms with Crippen LogP contribution in [0.2, 0.25) is 0 Å². The third-order valence-electron chi connectivity index (χ3n) is 6.28. The van der Waals surface area contributed by atoms with E-state index >= 15 is 0 Å². The zero-order chi connectivity index (χ0) is 28.6. The highest BCUT2D eigenvalue weighted by Crippen LogP contribution is 2.26. The topological polar surface area (TPSA) is 112 Å². The van der Waals surface area contributed by atoms with Crippen molar-refractivity contribution in [1.29, 1.82) is 0 Å². The third kappa shape index (κ3) is 8.13. The van der Waals surface area contributed by atoms with Crippen molar-refractivity contribution in [3.63, 3.8) is 0 Å². The van der Waals surface area contributed by atoms with Gasteiger partial charge in [-0.25, -0.2) is 23.5 Å². The molecule has 40 heavy (non-hydrogen) atoms. The first-order valence-corrected chi connectivity index (χ1v) is 12.9. The Morgan fingerprint density at radius 1 is 1.12 bits per heavy atom. The van der Waals surface area contributed by atoms with Crippen LogP contribution in [0, 0.1) is 11.6 Å². The molecule has 1 aliphatic rings. The Kier molecular flexibility index (Phi) is 9.51. The molecule has 0 bridgehead atoms. The standard InChI is InChI=1S/C27H29F2N7O3S/c1-35-11-3-4-20(15-35)36(2)27(38)33-23-14-25(31-16-30-23)39-22-10-9-19(13-21(22)29)32-26(40)34-24(37)12-17-5-7-18(28)8-6-17/h5-10,13-14,16,20H,3-4,11-12,15H2,1-2H3,(H,30,31,33,38)(H2,32,34,37,40)/t20-/m0/s1. The maximum absolute atomic E-state index is 14.8. The van der Waals surface area contributed by atoms with Crippen LogP contribution < -0.4 is 20.7 Å². The van der Waals surface area contributed by atoms with E-state index in [9.17, 15) is 18.4 Å². The average molecular weight is 570 g/mol. The van der Waals surface area contributed by atoms with Crippen molar-refractivity contribution in [2.24, 2.45) is 0 Å². The van der Waals surface area contributed by atoms with Gasteiger partial charge in [0.25, 0.3) is 0 Å². The highest BCUT2D eigenvalue weighted by atomic mass is 32.1. The second-order valence-electron chi connectivity index (χ2n) is 9.39. The number of likely N-dealkylation sites (N-methyl/N-ethyl adjacent to an activating group) is 2. The molecule has 0 unspecified atom stereocenters. The van der Waals surface area contributed by atoms with E-state index in [2.05, 4.69) is 30.8 Å². The summed E-state index contributed by atoms with van der Waals surface area (Å²) in [6.45, 7) is 1.80. The summed E-state index contributed by atoms with van der Waals surface area (Å²) < 4.78 is 33.4. The number of piperidine rings is 1. The van der Waals surface area contributed by atoms with Crippen LogP contribution in [0.3, 0.4) is 0 Å². The number of nitrogens with one attached hydrogen (secondary N) is 3. The first-order chi connectivity index (χ1) is 19.2. The largest absolute Gasteiger partial charge is 0.436 e. The monoisotopic (exact) mass is 569 g/mol. The SMILES string of the molecule is CN1CCC[C@H](N(C)C(=O)Nc2cc(Oc3ccc(NC(=S)NC(=O)Cc4ccc(F)cc4)cc3F)ncn2)C1. The Bertz CT molecular complexity index is 1380. The normalized spacial score (nSPS) is 15.2. The van der Waals surface area contributed by atoms with Crippen LogP contribution in [0.15, 0.2) is 54.9 Å². The zero-order valence-corrected chi connectivity index (χ0v) is 22.8. The molecule has 1 saturated heterocycles. The van der Waals surface area contributed by atoms with Crippen LogP contribution >= 0.6 is 12.2 Å². The van der Waals surface area contributed by atoms with Gasteiger partial charge in [-0.3, -0.25) is 10.1 Å². The van der Waals surface area contributed by atoms with Gasteiger partial charge in [0.1, 0.15) is 18.0 Å². The van der Waals surface area contributed by atoms with E-state index in [0.717, 1.165) is 32.0 Å². The van der Waals surface area contributed by atoms with E-state index in [-0.39, 0.29) is 46.7 Å². The first kappa shape index (κ1) is 28.8. The predicted octanol–water partition coefficient (Wildman–Crippen LogP) is 4.16. The lowest BCUT2D eigenvalue weighted by Gasteiger charge is -2.35. The van der Waals surface area contributed by atoms with Crippen LogP contribution in [-0.2, 0) is 11.2 Å². The molecule has 0 aliphatic carbocycles. The van der Waals surface area contributed by atoms with Crippen LogP contribution in [0.5, 0.6) is 11.6 Å². The number of aromatic nitrogens is 2. The molecule has 0 radical (unpaired) electrons. The minimum absolute atomic E-state index is 0.00116. The summed E-state index contributed by atoms with van der Waals surface area (Å²) >= 11 is 5.13. The highest BCUT2D eigenvalue weighted by Gasteiger charge is 2.24. The van der Waals surface area contributed by atoms with Gasteiger partial charge in [0.05, 0.1) is 6.42 Å². The molecular formula is C27H29F2N7O3S. The van der Waals surface area contributed by atoms with Crippen LogP contribution in [0.25, 0.3) is 0 Å². The van der Waals surface area contributed by atoms with Crippen LogP contribution in [0.1, 0.15) is 18.4 Å². The van der Waals surface area contributed by atoms with Crippen molar-refractivity contribution in [2.75, 3.05) is 37.8 Å². The summed E-state index contributed by atoms with van der Waals surface area (Å²) in [5, 5.41) is 7.93. The van der Waals surface area contributed by atoms with E-state index in [1.807, 2.05) is 7.05 Å². The molecule has 1 fully saturated rings. The Hall–Kier alpha value is -4.23. The molecule has 2 heterocycles. The summed E-state index contributed by atoms with van der Waals surface area (Å²) in [6, 6.07) is 10.7. The molecular weight excluding hydrogens is 540 g/mol. The lowest BCUT2D eigenvalue weighted by molar-refractivity contribution is -0.119. The fourth-order valence-corrected chi connectivity index (χ4v) is 4.41. The number of likely N-dealkylation sites (tertiary alicyclic amines) is 1. The molecule has 0 spiro atoms. The summed E-state index contributed by atoms with van der Waals surface area (Å²) in [4.78, 5) is 36.8. The fourth-order valence-electron chi connectivity index (χ4n) is 4.18. The van der Waals surface area contributed by atoms with Gasteiger partial charge in [-0.05, 0) is 68.5 Å². The molecule has 10 nitrogen and oxygen atoms in total. The number of thiocarbonyl (C=S) groups is 1. The number of benzene rings is 2. The van der Waals surface area contributed by atoms with E-state index in [0.29, 0.717) is 5.56 Å². The summed E-state index contributed by atoms with van der Waals surface area (Å²) in [5.74, 6) is -1.38. The van der Waals surface area contributed by atoms with Crippen LogP contribution in [0.4, 0.5) is 25.1 Å². The maximum atomic E-state index is 14.8. The molecule has 3 aromatic rings. The number of nitrogens with zero attached hydrogens (tertiary/aromatic N) is 4. The van der Waals surface area contributed by atoms with Crippen molar-refractivity contribution in [1.82, 2.24) is 25.1 Å².